The van der Waals surface area contributed by atoms with E-state index in [0.29, 0.717) is 6.04 Å². The molecule has 0 radical (unpaired) electrons. The lowest BCUT2D eigenvalue weighted by Gasteiger charge is -2.13. The minimum atomic E-state index is 0.580. The molecule has 1 rings (SSSR count). The molecular formula is C14H23NO. The first-order chi connectivity index (χ1) is 7.65. The van der Waals surface area contributed by atoms with E-state index in [0.717, 1.165) is 12.3 Å². The molecule has 1 atom stereocenters. The van der Waals surface area contributed by atoms with E-state index in [1.807, 2.05) is 0 Å². The van der Waals surface area contributed by atoms with Crippen molar-refractivity contribution in [2.75, 3.05) is 7.11 Å². The summed E-state index contributed by atoms with van der Waals surface area (Å²) < 4.78 is 5.26. The van der Waals surface area contributed by atoms with E-state index in [1.165, 1.54) is 24.0 Å². The fourth-order valence-electron chi connectivity index (χ4n) is 1.87. The van der Waals surface area contributed by atoms with Gasteiger partial charge in [-0.1, -0.05) is 19.4 Å². The third-order valence-corrected chi connectivity index (χ3v) is 2.72. The Labute approximate surface area is 99.0 Å². The summed E-state index contributed by atoms with van der Waals surface area (Å²) in [6.07, 6.45) is 2.45. The smallest absolute Gasteiger partial charge is 0.119 e. The summed E-state index contributed by atoms with van der Waals surface area (Å²) in [6, 6.07) is 6.93. The van der Waals surface area contributed by atoms with Crippen molar-refractivity contribution in [2.45, 2.75) is 46.2 Å². The molecule has 1 unspecified atom stereocenters. The SMILES string of the molecule is CCCC(C)NCc1cc(C)cc(OC)c1. The third kappa shape index (κ3) is 4.23. The van der Waals surface area contributed by atoms with Gasteiger partial charge >= 0.3 is 0 Å². The van der Waals surface area contributed by atoms with Crippen LogP contribution >= 0.6 is 0 Å². The summed E-state index contributed by atoms with van der Waals surface area (Å²) in [5.41, 5.74) is 2.54. The van der Waals surface area contributed by atoms with Gasteiger partial charge in [-0.05, 0) is 43.5 Å². The molecule has 0 spiro atoms. The lowest BCUT2D eigenvalue weighted by Crippen LogP contribution is -2.25. The van der Waals surface area contributed by atoms with Crippen LogP contribution in [-0.2, 0) is 6.54 Å². The van der Waals surface area contributed by atoms with Crippen LogP contribution < -0.4 is 10.1 Å². The van der Waals surface area contributed by atoms with Gasteiger partial charge in [0.2, 0.25) is 0 Å². The van der Waals surface area contributed by atoms with Crippen LogP contribution in [0.1, 0.15) is 37.8 Å². The molecule has 0 aliphatic carbocycles. The van der Waals surface area contributed by atoms with Crippen molar-refractivity contribution in [1.29, 1.82) is 0 Å². The molecule has 0 saturated carbocycles. The molecule has 1 N–H and O–H groups in total. The molecule has 2 heteroatoms. The highest BCUT2D eigenvalue weighted by Crippen LogP contribution is 2.16. The van der Waals surface area contributed by atoms with Crippen molar-refractivity contribution >= 4 is 0 Å². The molecule has 16 heavy (non-hydrogen) atoms. The molecule has 0 aromatic heterocycles. The lowest BCUT2D eigenvalue weighted by atomic mass is 10.1. The topological polar surface area (TPSA) is 21.3 Å². The zero-order chi connectivity index (χ0) is 12.0. The van der Waals surface area contributed by atoms with E-state index in [-0.39, 0.29) is 0 Å². The fourth-order valence-corrected chi connectivity index (χ4v) is 1.87. The second-order valence-corrected chi connectivity index (χ2v) is 4.43. The van der Waals surface area contributed by atoms with Crippen molar-refractivity contribution in [3.63, 3.8) is 0 Å². The van der Waals surface area contributed by atoms with E-state index in [4.69, 9.17) is 4.74 Å². The lowest BCUT2D eigenvalue weighted by molar-refractivity contribution is 0.413. The summed E-state index contributed by atoms with van der Waals surface area (Å²) in [6.45, 7) is 7.46. The van der Waals surface area contributed by atoms with Crippen molar-refractivity contribution in [3.05, 3.63) is 29.3 Å². The van der Waals surface area contributed by atoms with E-state index in [2.05, 4.69) is 44.3 Å². The Hall–Kier alpha value is -1.02. The van der Waals surface area contributed by atoms with Gasteiger partial charge in [-0.15, -0.1) is 0 Å². The predicted octanol–water partition coefficient (Wildman–Crippen LogP) is 3.28. The quantitative estimate of drug-likeness (QED) is 0.796. The second kappa shape index (κ2) is 6.54. The van der Waals surface area contributed by atoms with Crippen LogP contribution in [0.3, 0.4) is 0 Å². The Morgan fingerprint density at radius 2 is 2.06 bits per heavy atom. The normalized spacial score (nSPS) is 12.5. The van der Waals surface area contributed by atoms with E-state index in [1.54, 1.807) is 7.11 Å². The monoisotopic (exact) mass is 221 g/mol. The van der Waals surface area contributed by atoms with Crippen LogP contribution in [0.4, 0.5) is 0 Å². The summed E-state index contributed by atoms with van der Waals surface area (Å²) in [5, 5.41) is 3.52. The van der Waals surface area contributed by atoms with Gasteiger partial charge in [0.15, 0.2) is 0 Å². The maximum atomic E-state index is 5.26. The summed E-state index contributed by atoms with van der Waals surface area (Å²) in [5.74, 6) is 0.944. The van der Waals surface area contributed by atoms with Gasteiger partial charge in [-0.3, -0.25) is 0 Å². The first-order valence-electron chi connectivity index (χ1n) is 6.03. The Morgan fingerprint density at radius 3 is 2.69 bits per heavy atom. The third-order valence-electron chi connectivity index (χ3n) is 2.72. The number of benzene rings is 1. The average Bonchev–Trinajstić information content (AvgIpc) is 2.26. The van der Waals surface area contributed by atoms with Crippen LogP contribution in [0.15, 0.2) is 18.2 Å². The first-order valence-corrected chi connectivity index (χ1v) is 6.03. The summed E-state index contributed by atoms with van der Waals surface area (Å²) >= 11 is 0. The van der Waals surface area contributed by atoms with Crippen molar-refractivity contribution in [3.8, 4) is 5.75 Å². The van der Waals surface area contributed by atoms with E-state index < -0.39 is 0 Å². The fraction of sp³-hybridized carbons (Fsp3) is 0.571. The van der Waals surface area contributed by atoms with E-state index in [9.17, 15) is 0 Å². The van der Waals surface area contributed by atoms with E-state index >= 15 is 0 Å². The molecule has 2 nitrogen and oxygen atoms in total. The molecule has 0 amide bonds. The minimum Gasteiger partial charge on any atom is -0.497 e. The zero-order valence-electron chi connectivity index (χ0n) is 10.8. The molecule has 1 aromatic carbocycles. The number of hydrogen-bond acceptors (Lipinski definition) is 2. The van der Waals surface area contributed by atoms with Crippen LogP contribution in [-0.4, -0.2) is 13.2 Å². The maximum absolute atomic E-state index is 5.26. The number of hydrogen-bond donors (Lipinski definition) is 1. The number of aryl methyl sites for hydroxylation is 1. The average molecular weight is 221 g/mol. The molecule has 0 aliphatic heterocycles. The van der Waals surface area contributed by atoms with Gasteiger partial charge in [0.05, 0.1) is 7.11 Å². The van der Waals surface area contributed by atoms with Gasteiger partial charge in [0.1, 0.15) is 5.75 Å². The van der Waals surface area contributed by atoms with Crippen molar-refractivity contribution in [1.82, 2.24) is 5.32 Å². The molecule has 0 heterocycles. The first kappa shape index (κ1) is 13.0. The summed E-state index contributed by atoms with van der Waals surface area (Å²) in [4.78, 5) is 0. The number of ether oxygens (including phenoxy) is 1. The van der Waals surface area contributed by atoms with Crippen LogP contribution in [0.5, 0.6) is 5.75 Å². The minimum absolute atomic E-state index is 0.580. The van der Waals surface area contributed by atoms with Gasteiger partial charge in [0, 0.05) is 12.6 Å². The molecule has 1 aromatic rings. The number of nitrogens with one attached hydrogen (secondary N) is 1. The van der Waals surface area contributed by atoms with Crippen LogP contribution in [0, 0.1) is 6.92 Å². The standard InChI is InChI=1S/C14H23NO/c1-5-6-12(3)15-10-13-7-11(2)8-14(9-13)16-4/h7-9,12,15H,5-6,10H2,1-4H3. The highest BCUT2D eigenvalue weighted by molar-refractivity contribution is 5.33. The molecule has 0 aliphatic rings. The Kier molecular flexibility index (Phi) is 5.33. The number of rotatable bonds is 6. The van der Waals surface area contributed by atoms with Gasteiger partial charge < -0.3 is 10.1 Å². The molecular weight excluding hydrogens is 198 g/mol. The molecule has 0 saturated heterocycles. The highest BCUT2D eigenvalue weighted by atomic mass is 16.5. The number of methoxy groups -OCH3 is 1. The van der Waals surface area contributed by atoms with Crippen LogP contribution in [0.25, 0.3) is 0 Å². The van der Waals surface area contributed by atoms with Gasteiger partial charge in [-0.25, -0.2) is 0 Å². The van der Waals surface area contributed by atoms with Crippen LogP contribution in [0.2, 0.25) is 0 Å². The Morgan fingerprint density at radius 1 is 1.31 bits per heavy atom. The van der Waals surface area contributed by atoms with Crippen molar-refractivity contribution in [2.24, 2.45) is 0 Å². The highest BCUT2D eigenvalue weighted by Gasteiger charge is 2.02. The molecule has 0 fully saturated rings. The van der Waals surface area contributed by atoms with Gasteiger partial charge in [-0.2, -0.15) is 0 Å². The molecule has 0 bridgehead atoms. The largest absolute Gasteiger partial charge is 0.497 e. The van der Waals surface area contributed by atoms with Crippen molar-refractivity contribution < 1.29 is 4.74 Å². The zero-order valence-corrected chi connectivity index (χ0v) is 10.8. The van der Waals surface area contributed by atoms with Gasteiger partial charge in [0.25, 0.3) is 0 Å². The summed E-state index contributed by atoms with van der Waals surface area (Å²) in [7, 11) is 1.71. The maximum Gasteiger partial charge on any atom is 0.119 e. The Balaban J connectivity index is 2.56. The predicted molar refractivity (Wildman–Crippen MR) is 68.9 cm³/mol. The molecule has 90 valence electrons. The second-order valence-electron chi connectivity index (χ2n) is 4.43. The Bertz CT molecular complexity index is 323.